The molecule has 1 fully saturated rings. The molecule has 122 valence electrons. The number of hydrogen-bond donors (Lipinski definition) is 0. The Labute approximate surface area is 134 Å². The van der Waals surface area contributed by atoms with E-state index in [-0.39, 0.29) is 5.91 Å². The number of nitrogens with zero attached hydrogens (tertiary/aromatic N) is 2. The lowest BCUT2D eigenvalue weighted by molar-refractivity contribution is -0.130. The molecule has 0 N–H and O–H groups in total. The van der Waals surface area contributed by atoms with Gasteiger partial charge >= 0.3 is 0 Å². The molecule has 0 aromatic heterocycles. The first-order valence-corrected chi connectivity index (χ1v) is 8.28. The first-order valence-electron chi connectivity index (χ1n) is 8.28. The molecule has 2 rings (SSSR count). The summed E-state index contributed by atoms with van der Waals surface area (Å²) in [6.07, 6.45) is 5.28. The Balaban J connectivity index is 1.71. The number of ether oxygens (including phenoxy) is 1. The molecular weight excluding hydrogens is 276 g/mol. The second-order valence-corrected chi connectivity index (χ2v) is 6.07. The zero-order chi connectivity index (χ0) is 15.8. The number of rotatable bonds is 7. The Morgan fingerprint density at radius 1 is 1.27 bits per heavy atom. The van der Waals surface area contributed by atoms with Crippen LogP contribution in [-0.4, -0.2) is 56.0 Å². The van der Waals surface area contributed by atoms with Crippen LogP contribution < -0.4 is 4.74 Å². The fraction of sp³-hybridized carbons (Fsp3) is 0.611. The Morgan fingerprint density at radius 2 is 2.05 bits per heavy atom. The average molecular weight is 304 g/mol. The van der Waals surface area contributed by atoms with Gasteiger partial charge in [0.25, 0.3) is 0 Å². The second kappa shape index (κ2) is 8.79. The molecule has 1 aliphatic heterocycles. The number of aryl methyl sites for hydroxylation is 1. The molecule has 4 heteroatoms. The zero-order valence-electron chi connectivity index (χ0n) is 13.9. The summed E-state index contributed by atoms with van der Waals surface area (Å²) in [6, 6.07) is 7.94. The van der Waals surface area contributed by atoms with Gasteiger partial charge in [-0.05, 0) is 50.0 Å². The minimum absolute atomic E-state index is 0.222. The number of likely N-dealkylation sites (tertiary alicyclic amines) is 1. The molecule has 0 bridgehead atoms. The van der Waals surface area contributed by atoms with Crippen molar-refractivity contribution in [3.05, 3.63) is 29.8 Å². The van der Waals surface area contributed by atoms with Crippen molar-refractivity contribution < 1.29 is 9.53 Å². The number of piperidine rings is 1. The smallest absolute Gasteiger partial charge is 0.222 e. The van der Waals surface area contributed by atoms with E-state index < -0.39 is 0 Å². The van der Waals surface area contributed by atoms with E-state index in [2.05, 4.69) is 4.90 Å². The zero-order valence-corrected chi connectivity index (χ0v) is 13.9. The third kappa shape index (κ3) is 5.34. The molecule has 0 atom stereocenters. The predicted molar refractivity (Wildman–Crippen MR) is 89.2 cm³/mol. The molecule has 1 saturated heterocycles. The third-order valence-electron chi connectivity index (χ3n) is 4.39. The molecule has 0 spiro atoms. The van der Waals surface area contributed by atoms with E-state index in [0.29, 0.717) is 6.42 Å². The molecular formula is C18H28N2O2. The fourth-order valence-electron chi connectivity index (χ4n) is 2.87. The summed E-state index contributed by atoms with van der Waals surface area (Å²) in [6.45, 7) is 4.20. The van der Waals surface area contributed by atoms with Gasteiger partial charge in [-0.25, -0.2) is 0 Å². The maximum atomic E-state index is 12.2. The van der Waals surface area contributed by atoms with Crippen LogP contribution in [0.1, 0.15) is 31.2 Å². The Bertz CT molecular complexity index is 470. The maximum Gasteiger partial charge on any atom is 0.222 e. The van der Waals surface area contributed by atoms with Crippen LogP contribution in [0.3, 0.4) is 0 Å². The molecule has 0 aliphatic carbocycles. The summed E-state index contributed by atoms with van der Waals surface area (Å²) in [5.74, 6) is 1.07. The maximum absolute atomic E-state index is 12.2. The van der Waals surface area contributed by atoms with E-state index in [1.807, 2.05) is 36.2 Å². The van der Waals surface area contributed by atoms with Crippen LogP contribution in [0.4, 0.5) is 0 Å². The van der Waals surface area contributed by atoms with Gasteiger partial charge in [-0.1, -0.05) is 18.6 Å². The van der Waals surface area contributed by atoms with Gasteiger partial charge in [-0.2, -0.15) is 0 Å². The summed E-state index contributed by atoms with van der Waals surface area (Å²) >= 11 is 0. The molecule has 1 aromatic carbocycles. The van der Waals surface area contributed by atoms with Crippen LogP contribution in [0.25, 0.3) is 0 Å². The van der Waals surface area contributed by atoms with Gasteiger partial charge in [-0.15, -0.1) is 0 Å². The van der Waals surface area contributed by atoms with Crippen LogP contribution in [0.15, 0.2) is 24.3 Å². The molecule has 0 radical (unpaired) electrons. The normalized spacial score (nSPS) is 15.5. The van der Waals surface area contributed by atoms with Crippen molar-refractivity contribution in [1.82, 2.24) is 9.80 Å². The van der Waals surface area contributed by atoms with E-state index in [1.165, 1.54) is 32.4 Å². The molecule has 1 amide bonds. The summed E-state index contributed by atoms with van der Waals surface area (Å²) < 4.78 is 5.21. The largest absolute Gasteiger partial charge is 0.497 e. The quantitative estimate of drug-likeness (QED) is 0.776. The Kier molecular flexibility index (Phi) is 6.72. The molecule has 0 unspecified atom stereocenters. The topological polar surface area (TPSA) is 32.8 Å². The number of amides is 1. The van der Waals surface area contributed by atoms with Gasteiger partial charge in [0, 0.05) is 26.6 Å². The van der Waals surface area contributed by atoms with Crippen LogP contribution in [-0.2, 0) is 11.2 Å². The van der Waals surface area contributed by atoms with Crippen LogP contribution in [0.5, 0.6) is 5.75 Å². The van der Waals surface area contributed by atoms with Crippen LogP contribution in [0, 0.1) is 0 Å². The van der Waals surface area contributed by atoms with Crippen molar-refractivity contribution in [3.8, 4) is 5.75 Å². The van der Waals surface area contributed by atoms with Crippen molar-refractivity contribution in [2.45, 2.75) is 32.1 Å². The number of hydrogen-bond acceptors (Lipinski definition) is 3. The summed E-state index contributed by atoms with van der Waals surface area (Å²) in [5, 5.41) is 0. The van der Waals surface area contributed by atoms with E-state index >= 15 is 0 Å². The number of benzene rings is 1. The highest BCUT2D eigenvalue weighted by atomic mass is 16.5. The second-order valence-electron chi connectivity index (χ2n) is 6.07. The molecule has 0 saturated carbocycles. The molecule has 1 aliphatic rings. The SMILES string of the molecule is COc1cccc(CCC(=O)N(C)CCN2CCCCC2)c1. The van der Waals surface area contributed by atoms with Crippen LogP contribution >= 0.6 is 0 Å². The molecule has 4 nitrogen and oxygen atoms in total. The minimum Gasteiger partial charge on any atom is -0.497 e. The van der Waals surface area contributed by atoms with Gasteiger partial charge in [-0.3, -0.25) is 4.79 Å². The molecule has 1 aromatic rings. The first kappa shape index (κ1) is 16.8. The highest BCUT2D eigenvalue weighted by Crippen LogP contribution is 2.14. The lowest BCUT2D eigenvalue weighted by atomic mass is 10.1. The number of carbonyl (C=O) groups is 1. The average Bonchev–Trinajstić information content (AvgIpc) is 2.58. The van der Waals surface area contributed by atoms with Crippen molar-refractivity contribution >= 4 is 5.91 Å². The Hall–Kier alpha value is -1.55. The van der Waals surface area contributed by atoms with E-state index in [9.17, 15) is 4.79 Å². The standard InChI is InChI=1S/C18H28N2O2/c1-19(13-14-20-11-4-3-5-12-20)18(21)10-9-16-7-6-8-17(15-16)22-2/h6-8,15H,3-5,9-14H2,1-2H3. The van der Waals surface area contributed by atoms with Crippen molar-refractivity contribution in [2.75, 3.05) is 40.3 Å². The summed E-state index contributed by atoms with van der Waals surface area (Å²) in [7, 11) is 3.58. The Morgan fingerprint density at radius 3 is 2.77 bits per heavy atom. The lowest BCUT2D eigenvalue weighted by Crippen LogP contribution is -2.38. The van der Waals surface area contributed by atoms with Gasteiger partial charge in [0.05, 0.1) is 7.11 Å². The van der Waals surface area contributed by atoms with Crippen LogP contribution in [0.2, 0.25) is 0 Å². The van der Waals surface area contributed by atoms with Crippen molar-refractivity contribution in [1.29, 1.82) is 0 Å². The fourth-order valence-corrected chi connectivity index (χ4v) is 2.87. The van der Waals surface area contributed by atoms with E-state index in [1.54, 1.807) is 7.11 Å². The predicted octanol–water partition coefficient (Wildman–Crippen LogP) is 2.57. The van der Waals surface area contributed by atoms with E-state index in [4.69, 9.17) is 4.74 Å². The first-order chi connectivity index (χ1) is 10.7. The number of likely N-dealkylation sites (N-methyl/N-ethyl adjacent to an activating group) is 1. The van der Waals surface area contributed by atoms with E-state index in [0.717, 1.165) is 30.8 Å². The van der Waals surface area contributed by atoms with Crippen molar-refractivity contribution in [2.24, 2.45) is 0 Å². The highest BCUT2D eigenvalue weighted by molar-refractivity contribution is 5.76. The minimum atomic E-state index is 0.222. The highest BCUT2D eigenvalue weighted by Gasteiger charge is 2.13. The lowest BCUT2D eigenvalue weighted by Gasteiger charge is -2.28. The number of carbonyl (C=O) groups excluding carboxylic acids is 1. The number of methoxy groups -OCH3 is 1. The molecule has 1 heterocycles. The summed E-state index contributed by atoms with van der Waals surface area (Å²) in [4.78, 5) is 16.6. The van der Waals surface area contributed by atoms with Gasteiger partial charge < -0.3 is 14.5 Å². The van der Waals surface area contributed by atoms with Crippen molar-refractivity contribution in [3.63, 3.8) is 0 Å². The molecule has 22 heavy (non-hydrogen) atoms. The van der Waals surface area contributed by atoms with Gasteiger partial charge in [0.1, 0.15) is 5.75 Å². The van der Waals surface area contributed by atoms with Gasteiger partial charge in [0.2, 0.25) is 5.91 Å². The monoisotopic (exact) mass is 304 g/mol. The third-order valence-corrected chi connectivity index (χ3v) is 4.39. The van der Waals surface area contributed by atoms with Gasteiger partial charge in [0.15, 0.2) is 0 Å². The summed E-state index contributed by atoms with van der Waals surface area (Å²) in [5.41, 5.74) is 1.15.